The molecule has 1 N–H and O–H groups in total. The van der Waals surface area contributed by atoms with Crippen LogP contribution in [-0.2, 0) is 11.3 Å². The number of amides is 1. The zero-order valence-corrected chi connectivity index (χ0v) is 12.7. The number of oxazole rings is 1. The summed E-state index contributed by atoms with van der Waals surface area (Å²) in [6, 6.07) is 9.87. The van der Waals surface area contributed by atoms with Crippen LogP contribution in [0.25, 0.3) is 11.1 Å². The van der Waals surface area contributed by atoms with Crippen LogP contribution < -0.4 is 11.1 Å². The van der Waals surface area contributed by atoms with Crippen molar-refractivity contribution in [2.45, 2.75) is 13.5 Å². The third-order valence-corrected chi connectivity index (χ3v) is 3.50. The van der Waals surface area contributed by atoms with E-state index in [0.29, 0.717) is 16.8 Å². The van der Waals surface area contributed by atoms with Gasteiger partial charge in [-0.25, -0.2) is 9.18 Å². The SMILES string of the molecule is CC(=O)c1ccc2c(c1)oc(=O)n2CC(=O)Nc1ccc(F)cc1. The van der Waals surface area contributed by atoms with Gasteiger partial charge in [0, 0.05) is 11.3 Å². The number of halogens is 1. The lowest BCUT2D eigenvalue weighted by molar-refractivity contribution is -0.116. The van der Waals surface area contributed by atoms with Gasteiger partial charge in [-0.15, -0.1) is 0 Å². The van der Waals surface area contributed by atoms with Crippen LogP contribution in [0.2, 0.25) is 0 Å². The fourth-order valence-corrected chi connectivity index (χ4v) is 2.31. The number of rotatable bonds is 4. The van der Waals surface area contributed by atoms with E-state index in [1.807, 2.05) is 0 Å². The number of carbonyl (C=O) groups is 2. The number of aromatic nitrogens is 1. The van der Waals surface area contributed by atoms with Gasteiger partial charge in [-0.2, -0.15) is 0 Å². The fourth-order valence-electron chi connectivity index (χ4n) is 2.31. The Morgan fingerprint density at radius 1 is 1.17 bits per heavy atom. The van der Waals surface area contributed by atoms with Crippen LogP contribution in [0.4, 0.5) is 10.1 Å². The van der Waals surface area contributed by atoms with E-state index < -0.39 is 17.5 Å². The van der Waals surface area contributed by atoms with E-state index in [4.69, 9.17) is 4.42 Å². The first-order valence-electron chi connectivity index (χ1n) is 7.14. The summed E-state index contributed by atoms with van der Waals surface area (Å²) in [6.45, 7) is 1.15. The monoisotopic (exact) mass is 328 g/mol. The van der Waals surface area contributed by atoms with Crippen LogP contribution >= 0.6 is 0 Å². The first-order chi connectivity index (χ1) is 11.4. The van der Waals surface area contributed by atoms with Crippen LogP contribution in [0.5, 0.6) is 0 Å². The van der Waals surface area contributed by atoms with E-state index >= 15 is 0 Å². The second kappa shape index (κ2) is 6.11. The molecule has 0 aliphatic carbocycles. The number of benzene rings is 2. The standard InChI is InChI=1S/C17H13FN2O4/c1-10(21)11-2-7-14-15(8-11)24-17(23)20(14)9-16(22)19-13-5-3-12(18)4-6-13/h2-8H,9H2,1H3,(H,19,22). The van der Waals surface area contributed by atoms with Crippen molar-refractivity contribution in [3.05, 3.63) is 64.4 Å². The number of fused-ring (bicyclic) bond motifs is 1. The molecule has 122 valence electrons. The molecule has 7 heteroatoms. The van der Waals surface area contributed by atoms with Gasteiger partial charge < -0.3 is 9.73 Å². The maximum atomic E-state index is 12.9. The summed E-state index contributed by atoms with van der Waals surface area (Å²) >= 11 is 0. The highest BCUT2D eigenvalue weighted by Crippen LogP contribution is 2.16. The number of Topliss-reactive ketones (excluding diaryl/α,β-unsaturated/α-hetero) is 1. The van der Waals surface area contributed by atoms with E-state index in [2.05, 4.69) is 5.32 Å². The van der Waals surface area contributed by atoms with E-state index in [1.165, 1.54) is 37.3 Å². The highest BCUT2D eigenvalue weighted by atomic mass is 19.1. The van der Waals surface area contributed by atoms with Gasteiger partial charge in [0.05, 0.1) is 5.52 Å². The van der Waals surface area contributed by atoms with Gasteiger partial charge in [-0.3, -0.25) is 14.2 Å². The number of hydrogen-bond donors (Lipinski definition) is 1. The van der Waals surface area contributed by atoms with Crippen molar-refractivity contribution in [3.63, 3.8) is 0 Å². The van der Waals surface area contributed by atoms with Crippen LogP contribution in [0, 0.1) is 5.82 Å². The van der Waals surface area contributed by atoms with Gasteiger partial charge in [0.15, 0.2) is 11.4 Å². The number of anilines is 1. The summed E-state index contributed by atoms with van der Waals surface area (Å²) in [4.78, 5) is 35.4. The summed E-state index contributed by atoms with van der Waals surface area (Å²) < 4.78 is 19.1. The fraction of sp³-hybridized carbons (Fsp3) is 0.118. The van der Waals surface area contributed by atoms with Gasteiger partial charge in [-0.05, 0) is 49.4 Å². The van der Waals surface area contributed by atoms with Crippen LogP contribution in [0.3, 0.4) is 0 Å². The molecule has 0 fully saturated rings. The molecule has 0 saturated heterocycles. The number of nitrogens with zero attached hydrogens (tertiary/aromatic N) is 1. The maximum absolute atomic E-state index is 12.9. The second-order valence-electron chi connectivity index (χ2n) is 5.25. The van der Waals surface area contributed by atoms with Crippen LogP contribution in [-0.4, -0.2) is 16.3 Å². The van der Waals surface area contributed by atoms with Crippen molar-refractivity contribution in [2.75, 3.05) is 5.32 Å². The molecule has 0 radical (unpaired) electrons. The van der Waals surface area contributed by atoms with Gasteiger partial charge >= 0.3 is 5.76 Å². The molecule has 0 saturated carbocycles. The van der Waals surface area contributed by atoms with Crippen LogP contribution in [0.15, 0.2) is 51.7 Å². The average Bonchev–Trinajstić information content (AvgIpc) is 2.84. The Balaban J connectivity index is 1.85. The van der Waals surface area contributed by atoms with E-state index in [1.54, 1.807) is 12.1 Å². The van der Waals surface area contributed by atoms with E-state index in [-0.39, 0.29) is 17.9 Å². The maximum Gasteiger partial charge on any atom is 0.420 e. The Morgan fingerprint density at radius 3 is 2.54 bits per heavy atom. The largest absolute Gasteiger partial charge is 0.420 e. The molecular formula is C17H13FN2O4. The molecule has 0 bridgehead atoms. The Labute approximate surface area is 135 Å². The predicted molar refractivity (Wildman–Crippen MR) is 85.5 cm³/mol. The van der Waals surface area contributed by atoms with Gasteiger partial charge in [-0.1, -0.05) is 0 Å². The Bertz CT molecular complexity index is 986. The molecule has 0 unspecified atom stereocenters. The highest BCUT2D eigenvalue weighted by molar-refractivity contribution is 5.97. The van der Waals surface area contributed by atoms with E-state index in [9.17, 15) is 18.8 Å². The molecule has 1 heterocycles. The molecule has 1 amide bonds. The van der Waals surface area contributed by atoms with E-state index in [0.717, 1.165) is 4.57 Å². The molecule has 3 rings (SSSR count). The number of nitrogens with one attached hydrogen (secondary N) is 1. The van der Waals surface area contributed by atoms with Crippen molar-refractivity contribution in [1.82, 2.24) is 4.57 Å². The van der Waals surface area contributed by atoms with Crippen molar-refractivity contribution >= 4 is 28.5 Å². The Kier molecular flexibility index (Phi) is 3.99. The summed E-state index contributed by atoms with van der Waals surface area (Å²) in [6.07, 6.45) is 0. The summed E-state index contributed by atoms with van der Waals surface area (Å²) in [7, 11) is 0. The topological polar surface area (TPSA) is 81.3 Å². The molecule has 3 aromatic rings. The lowest BCUT2D eigenvalue weighted by atomic mass is 10.1. The first-order valence-corrected chi connectivity index (χ1v) is 7.14. The molecule has 6 nitrogen and oxygen atoms in total. The molecule has 0 aliphatic rings. The molecule has 1 aromatic heterocycles. The van der Waals surface area contributed by atoms with Crippen molar-refractivity contribution in [1.29, 1.82) is 0 Å². The molecule has 0 atom stereocenters. The zero-order valence-electron chi connectivity index (χ0n) is 12.7. The first kappa shape index (κ1) is 15.7. The predicted octanol–water partition coefficient (Wildman–Crippen LogP) is 2.57. The third-order valence-electron chi connectivity index (χ3n) is 3.50. The highest BCUT2D eigenvalue weighted by Gasteiger charge is 2.14. The minimum Gasteiger partial charge on any atom is -0.408 e. The smallest absolute Gasteiger partial charge is 0.408 e. The average molecular weight is 328 g/mol. The summed E-state index contributed by atoms with van der Waals surface area (Å²) in [5, 5.41) is 2.57. The second-order valence-corrected chi connectivity index (χ2v) is 5.25. The number of ketones is 1. The minimum absolute atomic E-state index is 0.152. The lowest BCUT2D eigenvalue weighted by Gasteiger charge is -2.05. The quantitative estimate of drug-likeness (QED) is 0.746. The molecule has 0 spiro atoms. The Hall–Kier alpha value is -3.22. The molecule has 0 aliphatic heterocycles. The van der Waals surface area contributed by atoms with Crippen molar-refractivity contribution < 1.29 is 18.4 Å². The number of carbonyl (C=O) groups excluding carboxylic acids is 2. The zero-order chi connectivity index (χ0) is 17.3. The van der Waals surface area contributed by atoms with Gasteiger partial charge in [0.25, 0.3) is 0 Å². The van der Waals surface area contributed by atoms with Crippen molar-refractivity contribution in [2.24, 2.45) is 0 Å². The molecule has 2 aromatic carbocycles. The minimum atomic E-state index is -0.694. The molecule has 24 heavy (non-hydrogen) atoms. The number of hydrogen-bond acceptors (Lipinski definition) is 4. The molecular weight excluding hydrogens is 315 g/mol. The van der Waals surface area contributed by atoms with Gasteiger partial charge in [0.2, 0.25) is 5.91 Å². The third kappa shape index (κ3) is 3.10. The summed E-state index contributed by atoms with van der Waals surface area (Å²) in [5.74, 6) is -1.71. The normalized spacial score (nSPS) is 10.8. The Morgan fingerprint density at radius 2 is 1.88 bits per heavy atom. The summed E-state index contributed by atoms with van der Waals surface area (Å²) in [5.41, 5.74) is 1.49. The lowest BCUT2D eigenvalue weighted by Crippen LogP contribution is -2.24. The van der Waals surface area contributed by atoms with Crippen molar-refractivity contribution in [3.8, 4) is 0 Å². The van der Waals surface area contributed by atoms with Crippen LogP contribution in [0.1, 0.15) is 17.3 Å². The van der Waals surface area contributed by atoms with Gasteiger partial charge in [0.1, 0.15) is 12.4 Å².